The maximum Gasteiger partial charge on any atom is 0.336 e. The fourth-order valence-electron chi connectivity index (χ4n) is 3.17. The van der Waals surface area contributed by atoms with Crippen molar-refractivity contribution in [2.75, 3.05) is 19.7 Å². The van der Waals surface area contributed by atoms with E-state index in [0.717, 1.165) is 0 Å². The molecular formula is C20H21NO4. The largest absolute Gasteiger partial charge is 0.478 e. The summed E-state index contributed by atoms with van der Waals surface area (Å²) in [6, 6.07) is 13.9. The van der Waals surface area contributed by atoms with Gasteiger partial charge in [-0.15, -0.1) is 0 Å². The van der Waals surface area contributed by atoms with E-state index in [1.54, 1.807) is 47.4 Å². The van der Waals surface area contributed by atoms with Crippen LogP contribution in [-0.4, -0.2) is 47.2 Å². The summed E-state index contributed by atoms with van der Waals surface area (Å²) in [5.74, 6) is -1.11. The van der Waals surface area contributed by atoms with Crippen LogP contribution in [0.4, 0.5) is 0 Å². The van der Waals surface area contributed by atoms with E-state index in [1.807, 2.05) is 19.9 Å². The lowest BCUT2D eigenvalue weighted by molar-refractivity contribution is -0.0763. The molecule has 1 aliphatic rings. The zero-order valence-electron chi connectivity index (χ0n) is 14.4. The van der Waals surface area contributed by atoms with Gasteiger partial charge in [0, 0.05) is 18.7 Å². The van der Waals surface area contributed by atoms with Crippen LogP contribution in [0.25, 0.3) is 11.1 Å². The van der Waals surface area contributed by atoms with E-state index in [1.165, 1.54) is 0 Å². The molecule has 3 rings (SSSR count). The molecule has 0 atom stereocenters. The smallest absolute Gasteiger partial charge is 0.336 e. The van der Waals surface area contributed by atoms with Crippen LogP contribution < -0.4 is 0 Å². The first kappa shape index (κ1) is 17.2. The molecule has 1 N–H and O–H groups in total. The Morgan fingerprint density at radius 1 is 1.00 bits per heavy atom. The number of rotatable bonds is 3. The molecule has 0 aliphatic carbocycles. The third-order valence-electron chi connectivity index (χ3n) is 4.32. The van der Waals surface area contributed by atoms with E-state index in [0.29, 0.717) is 36.4 Å². The molecule has 1 amide bonds. The highest BCUT2D eigenvalue weighted by Crippen LogP contribution is 2.29. The first-order valence-electron chi connectivity index (χ1n) is 8.24. The highest BCUT2D eigenvalue weighted by Gasteiger charge is 2.31. The molecule has 5 heteroatoms. The van der Waals surface area contributed by atoms with E-state index < -0.39 is 5.97 Å². The van der Waals surface area contributed by atoms with E-state index in [9.17, 15) is 14.7 Å². The van der Waals surface area contributed by atoms with Crippen molar-refractivity contribution < 1.29 is 19.4 Å². The topological polar surface area (TPSA) is 66.8 Å². The Labute approximate surface area is 146 Å². The summed E-state index contributed by atoms with van der Waals surface area (Å²) in [7, 11) is 0. The maximum atomic E-state index is 13.1. The van der Waals surface area contributed by atoms with Crippen LogP contribution in [0.15, 0.2) is 48.5 Å². The molecule has 0 bridgehead atoms. The lowest BCUT2D eigenvalue weighted by Crippen LogP contribution is -2.50. The summed E-state index contributed by atoms with van der Waals surface area (Å²) in [6.45, 7) is 5.43. The molecule has 1 saturated heterocycles. The van der Waals surface area contributed by atoms with Crippen molar-refractivity contribution in [3.8, 4) is 11.1 Å². The lowest BCUT2D eigenvalue weighted by Gasteiger charge is -2.38. The Balaban J connectivity index is 2.03. The Kier molecular flexibility index (Phi) is 4.59. The summed E-state index contributed by atoms with van der Waals surface area (Å²) in [6.07, 6.45) is 0. The van der Waals surface area contributed by atoms with Gasteiger partial charge in [0.15, 0.2) is 0 Å². The number of aromatic carboxylic acids is 1. The molecule has 25 heavy (non-hydrogen) atoms. The van der Waals surface area contributed by atoms with Crippen molar-refractivity contribution in [3.05, 3.63) is 59.7 Å². The summed E-state index contributed by atoms with van der Waals surface area (Å²) in [5, 5.41) is 9.46. The number of morpholine rings is 1. The molecule has 5 nitrogen and oxygen atoms in total. The average Bonchev–Trinajstić information content (AvgIpc) is 2.60. The number of carboxylic acid groups (broad SMARTS) is 1. The van der Waals surface area contributed by atoms with Crippen molar-refractivity contribution >= 4 is 11.9 Å². The summed E-state index contributed by atoms with van der Waals surface area (Å²) >= 11 is 0. The monoisotopic (exact) mass is 339 g/mol. The number of benzene rings is 2. The molecule has 2 aromatic rings. The number of carboxylic acids is 1. The second-order valence-electron chi connectivity index (χ2n) is 6.73. The molecule has 2 aromatic carbocycles. The van der Waals surface area contributed by atoms with Gasteiger partial charge >= 0.3 is 5.97 Å². The first-order chi connectivity index (χ1) is 11.9. The molecule has 1 fully saturated rings. The van der Waals surface area contributed by atoms with Gasteiger partial charge in [-0.25, -0.2) is 4.79 Å². The SMILES string of the molecule is CC1(C)CN(C(=O)c2ccccc2-c2ccccc2C(=O)O)CCO1. The molecule has 0 unspecified atom stereocenters. The minimum absolute atomic E-state index is 0.104. The van der Waals surface area contributed by atoms with Gasteiger partial charge in [0.25, 0.3) is 5.91 Å². The normalized spacial score (nSPS) is 16.5. The number of carbonyl (C=O) groups is 2. The number of carbonyl (C=O) groups excluding carboxylic acids is 1. The van der Waals surface area contributed by atoms with Crippen LogP contribution in [0, 0.1) is 0 Å². The molecule has 0 saturated carbocycles. The van der Waals surface area contributed by atoms with E-state index in [-0.39, 0.29) is 17.1 Å². The minimum atomic E-state index is -1.01. The Morgan fingerprint density at radius 2 is 1.56 bits per heavy atom. The van der Waals surface area contributed by atoms with Gasteiger partial charge in [0.05, 0.1) is 17.8 Å². The van der Waals surface area contributed by atoms with E-state index >= 15 is 0 Å². The second-order valence-corrected chi connectivity index (χ2v) is 6.73. The predicted molar refractivity (Wildman–Crippen MR) is 94.8 cm³/mol. The average molecular weight is 339 g/mol. The third kappa shape index (κ3) is 3.56. The van der Waals surface area contributed by atoms with Gasteiger partial charge in [0.1, 0.15) is 0 Å². The van der Waals surface area contributed by atoms with Crippen LogP contribution in [0.1, 0.15) is 34.6 Å². The Morgan fingerprint density at radius 3 is 2.16 bits per heavy atom. The predicted octanol–water partition coefficient (Wildman–Crippen LogP) is 3.30. The van der Waals surface area contributed by atoms with Gasteiger partial charge < -0.3 is 14.7 Å². The number of amides is 1. The molecular weight excluding hydrogens is 318 g/mol. The molecule has 1 aliphatic heterocycles. The van der Waals surface area contributed by atoms with Crippen LogP contribution in [0.5, 0.6) is 0 Å². The fourth-order valence-corrected chi connectivity index (χ4v) is 3.17. The lowest BCUT2D eigenvalue weighted by atomic mass is 9.94. The Hall–Kier alpha value is -2.66. The van der Waals surface area contributed by atoms with Gasteiger partial charge in [-0.05, 0) is 37.1 Å². The summed E-state index contributed by atoms with van der Waals surface area (Å²) < 4.78 is 5.68. The number of hydrogen-bond donors (Lipinski definition) is 1. The van der Waals surface area contributed by atoms with Crippen LogP contribution in [0.3, 0.4) is 0 Å². The van der Waals surface area contributed by atoms with Gasteiger partial charge in [-0.2, -0.15) is 0 Å². The highest BCUT2D eigenvalue weighted by molar-refractivity contribution is 6.04. The summed E-state index contributed by atoms with van der Waals surface area (Å²) in [5.41, 5.74) is 1.49. The number of hydrogen-bond acceptors (Lipinski definition) is 3. The molecule has 130 valence electrons. The van der Waals surface area contributed by atoms with E-state index in [4.69, 9.17) is 4.74 Å². The maximum absolute atomic E-state index is 13.1. The summed E-state index contributed by atoms with van der Waals surface area (Å²) in [4.78, 5) is 26.4. The second kappa shape index (κ2) is 6.69. The number of ether oxygens (including phenoxy) is 1. The highest BCUT2D eigenvalue weighted by atomic mass is 16.5. The van der Waals surface area contributed by atoms with E-state index in [2.05, 4.69) is 0 Å². The minimum Gasteiger partial charge on any atom is -0.478 e. The van der Waals surface area contributed by atoms with Crippen molar-refractivity contribution in [1.29, 1.82) is 0 Å². The van der Waals surface area contributed by atoms with Crippen molar-refractivity contribution in [3.63, 3.8) is 0 Å². The van der Waals surface area contributed by atoms with Crippen molar-refractivity contribution in [2.45, 2.75) is 19.4 Å². The van der Waals surface area contributed by atoms with Crippen molar-refractivity contribution in [1.82, 2.24) is 4.90 Å². The molecule has 0 radical (unpaired) electrons. The molecule has 1 heterocycles. The molecule has 0 aromatic heterocycles. The number of nitrogens with zero attached hydrogens (tertiary/aromatic N) is 1. The van der Waals surface area contributed by atoms with Gasteiger partial charge in [-0.3, -0.25) is 4.79 Å². The fraction of sp³-hybridized carbons (Fsp3) is 0.300. The third-order valence-corrected chi connectivity index (χ3v) is 4.32. The van der Waals surface area contributed by atoms with Gasteiger partial charge in [0.2, 0.25) is 0 Å². The zero-order valence-corrected chi connectivity index (χ0v) is 14.4. The van der Waals surface area contributed by atoms with Crippen molar-refractivity contribution in [2.24, 2.45) is 0 Å². The quantitative estimate of drug-likeness (QED) is 0.932. The van der Waals surface area contributed by atoms with Crippen LogP contribution >= 0.6 is 0 Å². The van der Waals surface area contributed by atoms with Gasteiger partial charge in [-0.1, -0.05) is 36.4 Å². The standard InChI is InChI=1S/C20H21NO4/c1-20(2)13-21(11-12-25-20)18(22)16-9-5-3-7-14(16)15-8-4-6-10-17(15)19(23)24/h3-10H,11-13H2,1-2H3,(H,23,24). The van der Waals surface area contributed by atoms with Crippen LogP contribution in [0.2, 0.25) is 0 Å². The Bertz CT molecular complexity index is 813. The zero-order chi connectivity index (χ0) is 18.0. The molecule has 0 spiro atoms. The first-order valence-corrected chi connectivity index (χ1v) is 8.24. The van der Waals surface area contributed by atoms with Crippen LogP contribution in [-0.2, 0) is 4.74 Å².